The predicted octanol–water partition coefficient (Wildman–Crippen LogP) is 5.79. The van der Waals surface area contributed by atoms with Gasteiger partial charge in [-0.3, -0.25) is 9.59 Å². The number of quaternary nitrogens is 2. The molecule has 0 aromatic carbocycles. The number of aliphatic hydroxyl groups is 1. The average Bonchev–Trinajstić information content (AvgIpc) is 2.86. The molecule has 0 radical (unpaired) electrons. The van der Waals surface area contributed by atoms with Gasteiger partial charge in [-0.2, -0.15) is 0 Å². The molecule has 0 rings (SSSR count). The zero-order chi connectivity index (χ0) is 30.1. The van der Waals surface area contributed by atoms with E-state index in [4.69, 9.17) is 0 Å². The summed E-state index contributed by atoms with van der Waals surface area (Å²) in [6.07, 6.45) is 22.2. The number of carbonyl (C=O) groups excluding carboxylic acids is 2. The Bertz CT molecular complexity index is 625. The fourth-order valence-corrected chi connectivity index (χ4v) is 5.63. The summed E-state index contributed by atoms with van der Waals surface area (Å²) in [4.78, 5) is 23.2. The first-order valence-corrected chi connectivity index (χ1v) is 16.8. The number of hydrogen-bond donors (Lipinski definition) is 3. The molecule has 0 saturated heterocycles. The molecular formula is C33H70N4O3+2. The first-order valence-electron chi connectivity index (χ1n) is 16.8. The molecule has 0 fully saturated rings. The highest BCUT2D eigenvalue weighted by molar-refractivity contribution is 5.75. The highest BCUT2D eigenvalue weighted by Gasteiger charge is 2.26. The maximum Gasteiger partial charge on any atom is 0.219 e. The van der Waals surface area contributed by atoms with E-state index in [-0.39, 0.29) is 17.9 Å². The monoisotopic (exact) mass is 571 g/mol. The van der Waals surface area contributed by atoms with E-state index >= 15 is 0 Å². The minimum Gasteiger partial charge on any atom is -0.382 e. The van der Waals surface area contributed by atoms with Gasteiger partial charge in [0.1, 0.15) is 13.1 Å². The molecular weight excluding hydrogens is 500 g/mol. The van der Waals surface area contributed by atoms with Gasteiger partial charge in [0.2, 0.25) is 11.8 Å². The number of aliphatic hydroxyl groups excluding tert-OH is 1. The van der Waals surface area contributed by atoms with Gasteiger partial charge in [-0.25, -0.2) is 0 Å². The lowest BCUT2D eigenvalue weighted by Gasteiger charge is -2.36. The molecule has 3 N–H and O–H groups in total. The highest BCUT2D eigenvalue weighted by Crippen LogP contribution is 2.14. The first-order chi connectivity index (χ1) is 19.0. The van der Waals surface area contributed by atoms with Crippen molar-refractivity contribution in [3.63, 3.8) is 0 Å². The first kappa shape index (κ1) is 38.8. The Morgan fingerprint density at radius 2 is 0.975 bits per heavy atom. The molecule has 2 amide bonds. The van der Waals surface area contributed by atoms with Crippen LogP contribution < -0.4 is 10.6 Å². The normalized spacial score (nSPS) is 12.9. The molecule has 7 nitrogen and oxygen atoms in total. The molecule has 0 saturated carbocycles. The molecule has 0 heterocycles. The van der Waals surface area contributed by atoms with Crippen LogP contribution in [0.15, 0.2) is 0 Å². The summed E-state index contributed by atoms with van der Waals surface area (Å²) in [6, 6.07) is 0. The Balaban J connectivity index is 3.69. The fraction of sp³-hybridized carbons (Fsp3) is 0.939. The van der Waals surface area contributed by atoms with E-state index in [0.29, 0.717) is 32.6 Å². The van der Waals surface area contributed by atoms with Crippen molar-refractivity contribution < 1.29 is 23.7 Å². The summed E-state index contributed by atoms with van der Waals surface area (Å²) in [5, 5.41) is 16.6. The van der Waals surface area contributed by atoms with Gasteiger partial charge >= 0.3 is 0 Å². The second kappa shape index (κ2) is 24.4. The number of amides is 2. The topological polar surface area (TPSA) is 78.4 Å². The predicted molar refractivity (Wildman–Crippen MR) is 170 cm³/mol. The van der Waals surface area contributed by atoms with Gasteiger partial charge in [0, 0.05) is 39.3 Å². The van der Waals surface area contributed by atoms with Crippen LogP contribution in [0.5, 0.6) is 0 Å². The quantitative estimate of drug-likeness (QED) is 0.0823. The second-order valence-electron chi connectivity index (χ2n) is 13.6. The van der Waals surface area contributed by atoms with Crippen LogP contribution in [-0.4, -0.2) is 99.5 Å². The van der Waals surface area contributed by atoms with Crippen molar-refractivity contribution in [3.8, 4) is 0 Å². The van der Waals surface area contributed by atoms with E-state index in [2.05, 4.69) is 45.7 Å². The third-order valence-electron chi connectivity index (χ3n) is 7.99. The zero-order valence-corrected chi connectivity index (χ0v) is 27.7. The van der Waals surface area contributed by atoms with E-state index in [9.17, 15) is 14.7 Å². The van der Waals surface area contributed by atoms with Crippen molar-refractivity contribution in [1.82, 2.24) is 10.6 Å². The summed E-state index contributed by atoms with van der Waals surface area (Å²) in [5.41, 5.74) is 0. The molecule has 238 valence electrons. The Labute approximate surface area is 249 Å². The SMILES string of the molecule is CCCCCCCCCCCCCCCCCC(=O)NCCC[N+](C)(C)CC(O)C[N+](C)(C)CCCNC(C)=O. The third-order valence-corrected chi connectivity index (χ3v) is 7.99. The molecule has 0 aromatic rings. The lowest BCUT2D eigenvalue weighted by atomic mass is 10.0. The van der Waals surface area contributed by atoms with Gasteiger partial charge in [0.25, 0.3) is 0 Å². The Kier molecular flexibility index (Phi) is 23.7. The number of nitrogens with zero attached hydrogens (tertiary/aromatic N) is 2. The van der Waals surface area contributed by atoms with Crippen molar-refractivity contribution >= 4 is 11.8 Å². The Hall–Kier alpha value is -1.18. The van der Waals surface area contributed by atoms with E-state index in [1.165, 1.54) is 90.4 Å². The maximum atomic E-state index is 12.2. The largest absolute Gasteiger partial charge is 0.382 e. The molecule has 0 spiro atoms. The van der Waals surface area contributed by atoms with E-state index in [0.717, 1.165) is 47.7 Å². The molecule has 0 aliphatic rings. The smallest absolute Gasteiger partial charge is 0.219 e. The summed E-state index contributed by atoms with van der Waals surface area (Å²) >= 11 is 0. The highest BCUT2D eigenvalue weighted by atomic mass is 16.3. The lowest BCUT2D eigenvalue weighted by molar-refractivity contribution is -0.914. The number of likely N-dealkylation sites (N-methyl/N-ethyl adjacent to an activating group) is 2. The Morgan fingerprint density at radius 1 is 0.600 bits per heavy atom. The molecule has 1 atom stereocenters. The second-order valence-corrected chi connectivity index (χ2v) is 13.6. The summed E-state index contributed by atoms with van der Waals surface area (Å²) in [7, 11) is 8.56. The van der Waals surface area contributed by atoms with Gasteiger partial charge < -0.3 is 24.7 Å². The molecule has 0 bridgehead atoms. The van der Waals surface area contributed by atoms with Crippen LogP contribution in [0.1, 0.15) is 129 Å². The number of rotatable bonds is 28. The van der Waals surface area contributed by atoms with Gasteiger partial charge in [-0.05, 0) is 6.42 Å². The van der Waals surface area contributed by atoms with Gasteiger partial charge in [0.05, 0.1) is 41.3 Å². The zero-order valence-electron chi connectivity index (χ0n) is 27.7. The van der Waals surface area contributed by atoms with E-state index in [1.807, 2.05) is 0 Å². The van der Waals surface area contributed by atoms with Crippen LogP contribution in [0.4, 0.5) is 0 Å². The van der Waals surface area contributed by atoms with Gasteiger partial charge in [-0.1, -0.05) is 96.8 Å². The van der Waals surface area contributed by atoms with Crippen molar-refractivity contribution in [1.29, 1.82) is 0 Å². The third kappa shape index (κ3) is 27.0. The number of hydrogen-bond acceptors (Lipinski definition) is 3. The molecule has 40 heavy (non-hydrogen) atoms. The van der Waals surface area contributed by atoms with Crippen molar-refractivity contribution in [2.45, 2.75) is 136 Å². The van der Waals surface area contributed by atoms with Crippen molar-refractivity contribution in [3.05, 3.63) is 0 Å². The van der Waals surface area contributed by atoms with Crippen LogP contribution in [0, 0.1) is 0 Å². The Morgan fingerprint density at radius 3 is 1.38 bits per heavy atom. The van der Waals surface area contributed by atoms with Crippen LogP contribution in [0.3, 0.4) is 0 Å². The fourth-order valence-electron chi connectivity index (χ4n) is 5.63. The van der Waals surface area contributed by atoms with Crippen LogP contribution in [0.25, 0.3) is 0 Å². The molecule has 1 unspecified atom stereocenters. The molecule has 0 aliphatic heterocycles. The van der Waals surface area contributed by atoms with E-state index in [1.54, 1.807) is 0 Å². The van der Waals surface area contributed by atoms with Gasteiger partial charge in [-0.15, -0.1) is 0 Å². The van der Waals surface area contributed by atoms with Gasteiger partial charge in [0.15, 0.2) is 6.10 Å². The van der Waals surface area contributed by atoms with Crippen molar-refractivity contribution in [2.75, 3.05) is 67.5 Å². The minimum absolute atomic E-state index is 0.00519. The number of nitrogens with one attached hydrogen (secondary N) is 2. The number of unbranched alkanes of at least 4 members (excludes halogenated alkanes) is 14. The van der Waals surface area contributed by atoms with Crippen LogP contribution >= 0.6 is 0 Å². The minimum atomic E-state index is -0.384. The average molecular weight is 571 g/mol. The molecule has 0 aliphatic carbocycles. The summed E-state index contributed by atoms with van der Waals surface area (Å²) < 4.78 is 1.47. The van der Waals surface area contributed by atoms with Crippen LogP contribution in [-0.2, 0) is 9.59 Å². The van der Waals surface area contributed by atoms with E-state index < -0.39 is 0 Å². The molecule has 0 aromatic heterocycles. The summed E-state index contributed by atoms with van der Waals surface area (Å²) in [5.74, 6) is 0.184. The van der Waals surface area contributed by atoms with Crippen molar-refractivity contribution in [2.24, 2.45) is 0 Å². The maximum absolute atomic E-state index is 12.2. The van der Waals surface area contributed by atoms with Crippen LogP contribution in [0.2, 0.25) is 0 Å². The lowest BCUT2D eigenvalue weighted by Crippen LogP contribution is -2.53. The standard InChI is InChI=1S/C33H68N4O3/c1-7-8-9-10-11-12-13-14-15-16-17-18-19-20-21-24-33(40)35-26-23-28-37(5,6)30-32(39)29-36(3,4)27-22-25-34-31(2)38/h32,39H,7-30H2,1-6H3/p+2. The number of carbonyl (C=O) groups is 2. The summed E-state index contributed by atoms with van der Waals surface area (Å²) in [6.45, 7) is 8.43. The molecule has 7 heteroatoms.